The van der Waals surface area contributed by atoms with Gasteiger partial charge in [0, 0.05) is 12.4 Å². The van der Waals surface area contributed by atoms with Gasteiger partial charge in [0.05, 0.1) is 13.0 Å². The summed E-state index contributed by atoms with van der Waals surface area (Å²) >= 11 is 0. The minimum Gasteiger partial charge on any atom is -0.466 e. The Balaban J connectivity index is 2.30. The van der Waals surface area contributed by atoms with E-state index in [1.165, 1.54) is 0 Å². The van der Waals surface area contributed by atoms with E-state index in [4.69, 9.17) is 4.74 Å². The van der Waals surface area contributed by atoms with Crippen LogP contribution in [0.3, 0.4) is 0 Å². The van der Waals surface area contributed by atoms with Gasteiger partial charge in [-0.25, -0.2) is 4.98 Å². The van der Waals surface area contributed by atoms with E-state index in [1.807, 2.05) is 0 Å². The number of imidazole rings is 1. The third-order valence-corrected chi connectivity index (χ3v) is 1.38. The molecule has 4 heteroatoms. The maximum atomic E-state index is 10.9. The van der Waals surface area contributed by atoms with Crippen molar-refractivity contribution in [2.75, 3.05) is 6.61 Å². The van der Waals surface area contributed by atoms with Crippen LogP contribution in [0.2, 0.25) is 0 Å². The highest BCUT2D eigenvalue weighted by Crippen LogP contribution is 1.95. The predicted molar refractivity (Wildman–Crippen MR) is 48.9 cm³/mol. The summed E-state index contributed by atoms with van der Waals surface area (Å²) in [5.74, 6) is 0.523. The third-order valence-electron chi connectivity index (χ3n) is 1.38. The van der Waals surface area contributed by atoms with Crippen LogP contribution in [0.5, 0.6) is 0 Å². The van der Waals surface area contributed by atoms with Crippen molar-refractivity contribution in [3.8, 4) is 0 Å². The van der Waals surface area contributed by atoms with Gasteiger partial charge in [-0.05, 0) is 13.0 Å². The first-order chi connectivity index (χ1) is 6.33. The second kappa shape index (κ2) is 5.13. The van der Waals surface area contributed by atoms with Gasteiger partial charge in [-0.15, -0.1) is 0 Å². The van der Waals surface area contributed by atoms with Crippen LogP contribution in [-0.4, -0.2) is 22.5 Å². The van der Waals surface area contributed by atoms with E-state index in [9.17, 15) is 4.79 Å². The number of ether oxygens (including phenoxy) is 1. The van der Waals surface area contributed by atoms with Gasteiger partial charge in [-0.1, -0.05) is 6.08 Å². The summed E-state index contributed by atoms with van der Waals surface area (Å²) in [5, 5.41) is 0. The highest BCUT2D eigenvalue weighted by Gasteiger charge is 1.96. The van der Waals surface area contributed by atoms with Crippen molar-refractivity contribution < 1.29 is 9.53 Å². The Morgan fingerprint density at radius 2 is 2.62 bits per heavy atom. The number of aromatic nitrogens is 2. The van der Waals surface area contributed by atoms with E-state index in [1.54, 1.807) is 31.5 Å². The Kier molecular flexibility index (Phi) is 3.75. The molecule has 1 N–H and O–H groups in total. The molecule has 0 fully saturated rings. The zero-order chi connectivity index (χ0) is 9.52. The summed E-state index contributed by atoms with van der Waals surface area (Å²) in [6, 6.07) is 0. The molecule has 0 bridgehead atoms. The second-order valence-electron chi connectivity index (χ2n) is 2.39. The molecule has 1 aromatic heterocycles. The molecule has 0 saturated heterocycles. The van der Waals surface area contributed by atoms with Gasteiger partial charge in [-0.2, -0.15) is 0 Å². The molecule has 1 heterocycles. The fourth-order valence-electron chi connectivity index (χ4n) is 0.855. The summed E-state index contributed by atoms with van der Waals surface area (Å²) in [7, 11) is 0. The molecular weight excluding hydrogens is 168 g/mol. The van der Waals surface area contributed by atoms with Gasteiger partial charge in [-0.3, -0.25) is 4.79 Å². The van der Waals surface area contributed by atoms with E-state index in [0.29, 0.717) is 6.61 Å². The topological polar surface area (TPSA) is 55.0 Å². The van der Waals surface area contributed by atoms with E-state index in [2.05, 4.69) is 9.97 Å². The van der Waals surface area contributed by atoms with E-state index in [-0.39, 0.29) is 12.4 Å². The first-order valence-corrected chi connectivity index (χ1v) is 4.14. The van der Waals surface area contributed by atoms with Crippen molar-refractivity contribution in [3.05, 3.63) is 24.3 Å². The molecule has 0 radical (unpaired) electrons. The zero-order valence-corrected chi connectivity index (χ0v) is 7.49. The van der Waals surface area contributed by atoms with Crippen molar-refractivity contribution in [1.82, 2.24) is 9.97 Å². The van der Waals surface area contributed by atoms with Gasteiger partial charge in [0.15, 0.2) is 0 Å². The fourth-order valence-corrected chi connectivity index (χ4v) is 0.855. The number of hydrogen-bond acceptors (Lipinski definition) is 3. The number of nitrogens with zero attached hydrogens (tertiary/aromatic N) is 1. The number of carbonyl (C=O) groups excluding carboxylic acids is 1. The van der Waals surface area contributed by atoms with Gasteiger partial charge >= 0.3 is 5.97 Å². The van der Waals surface area contributed by atoms with E-state index < -0.39 is 0 Å². The SMILES string of the molecule is CCOC(=O)CC=Cc1ncc[nH]1. The maximum Gasteiger partial charge on any atom is 0.309 e. The molecule has 0 aromatic carbocycles. The number of aromatic amines is 1. The second-order valence-corrected chi connectivity index (χ2v) is 2.39. The normalized spacial score (nSPS) is 10.5. The van der Waals surface area contributed by atoms with Crippen molar-refractivity contribution in [2.45, 2.75) is 13.3 Å². The summed E-state index contributed by atoms with van der Waals surface area (Å²) < 4.78 is 4.74. The van der Waals surface area contributed by atoms with Crippen molar-refractivity contribution in [3.63, 3.8) is 0 Å². The predicted octanol–water partition coefficient (Wildman–Crippen LogP) is 1.38. The Hall–Kier alpha value is -1.58. The number of esters is 1. The Bertz CT molecular complexity index is 278. The summed E-state index contributed by atoms with van der Waals surface area (Å²) in [5.41, 5.74) is 0. The molecule has 70 valence electrons. The molecule has 0 amide bonds. The Morgan fingerprint density at radius 3 is 3.23 bits per heavy atom. The van der Waals surface area contributed by atoms with Gasteiger partial charge < -0.3 is 9.72 Å². The van der Waals surface area contributed by atoms with Crippen LogP contribution >= 0.6 is 0 Å². The largest absolute Gasteiger partial charge is 0.466 e. The third kappa shape index (κ3) is 3.55. The molecule has 0 unspecified atom stereocenters. The molecule has 0 aliphatic rings. The Labute approximate surface area is 76.6 Å². The minimum absolute atomic E-state index is 0.217. The number of carbonyl (C=O) groups is 1. The van der Waals surface area contributed by atoms with Crippen LogP contribution in [0, 0.1) is 0 Å². The monoisotopic (exact) mass is 180 g/mol. The molecular formula is C9H12N2O2. The van der Waals surface area contributed by atoms with Crippen LogP contribution in [0.15, 0.2) is 18.5 Å². The van der Waals surface area contributed by atoms with Crippen molar-refractivity contribution in [2.24, 2.45) is 0 Å². The first-order valence-electron chi connectivity index (χ1n) is 4.14. The maximum absolute atomic E-state index is 10.9. The lowest BCUT2D eigenvalue weighted by molar-refractivity contribution is -0.142. The Morgan fingerprint density at radius 1 is 1.77 bits per heavy atom. The summed E-state index contributed by atoms with van der Waals surface area (Å²) in [6.45, 7) is 2.21. The molecule has 0 aliphatic heterocycles. The smallest absolute Gasteiger partial charge is 0.309 e. The molecule has 0 atom stereocenters. The van der Waals surface area contributed by atoms with Crippen LogP contribution in [-0.2, 0) is 9.53 Å². The van der Waals surface area contributed by atoms with Gasteiger partial charge in [0.25, 0.3) is 0 Å². The van der Waals surface area contributed by atoms with Crippen LogP contribution in [0.25, 0.3) is 6.08 Å². The van der Waals surface area contributed by atoms with Crippen LogP contribution in [0.1, 0.15) is 19.2 Å². The highest BCUT2D eigenvalue weighted by atomic mass is 16.5. The van der Waals surface area contributed by atoms with Crippen molar-refractivity contribution >= 4 is 12.0 Å². The average molecular weight is 180 g/mol. The summed E-state index contributed by atoms with van der Waals surface area (Å²) in [6.07, 6.45) is 7.14. The standard InChI is InChI=1S/C9H12N2O2/c1-2-13-9(12)5-3-4-8-10-6-7-11-8/h3-4,6-7H,2,5H2,1H3,(H,10,11). The molecule has 0 aliphatic carbocycles. The van der Waals surface area contributed by atoms with Gasteiger partial charge in [0.2, 0.25) is 0 Å². The molecule has 0 spiro atoms. The first kappa shape index (κ1) is 9.51. The number of H-pyrrole nitrogens is 1. The lowest BCUT2D eigenvalue weighted by Gasteiger charge is -1.95. The number of hydrogen-bond donors (Lipinski definition) is 1. The van der Waals surface area contributed by atoms with E-state index in [0.717, 1.165) is 5.82 Å². The van der Waals surface area contributed by atoms with Crippen molar-refractivity contribution in [1.29, 1.82) is 0 Å². The zero-order valence-electron chi connectivity index (χ0n) is 7.49. The quantitative estimate of drug-likeness (QED) is 0.712. The molecule has 13 heavy (non-hydrogen) atoms. The molecule has 0 saturated carbocycles. The fraction of sp³-hybridized carbons (Fsp3) is 0.333. The van der Waals surface area contributed by atoms with Gasteiger partial charge in [0.1, 0.15) is 5.82 Å². The molecule has 4 nitrogen and oxygen atoms in total. The summed E-state index contributed by atoms with van der Waals surface area (Å²) in [4.78, 5) is 17.7. The molecule has 1 rings (SSSR count). The minimum atomic E-state index is -0.217. The number of nitrogens with one attached hydrogen (secondary N) is 1. The lowest BCUT2D eigenvalue weighted by atomic mass is 10.4. The highest BCUT2D eigenvalue weighted by molar-refractivity contribution is 5.72. The van der Waals surface area contributed by atoms with Crippen LogP contribution in [0.4, 0.5) is 0 Å². The van der Waals surface area contributed by atoms with E-state index >= 15 is 0 Å². The average Bonchev–Trinajstić information content (AvgIpc) is 2.57. The molecule has 1 aromatic rings. The van der Waals surface area contributed by atoms with Crippen LogP contribution < -0.4 is 0 Å². The number of rotatable bonds is 4. The lowest BCUT2D eigenvalue weighted by Crippen LogP contribution is -2.01.